The molecule has 0 unspecified atom stereocenters. The molecule has 0 bridgehead atoms. The van der Waals surface area contributed by atoms with Crippen molar-refractivity contribution in [2.24, 2.45) is 0 Å². The van der Waals surface area contributed by atoms with E-state index in [0.29, 0.717) is 37.5 Å². The van der Waals surface area contributed by atoms with Gasteiger partial charge in [0.15, 0.2) is 0 Å². The van der Waals surface area contributed by atoms with Crippen LogP contribution in [0.25, 0.3) is 10.9 Å². The number of aromatic nitrogens is 2. The van der Waals surface area contributed by atoms with Gasteiger partial charge < -0.3 is 19.7 Å². The molecule has 0 spiro atoms. The van der Waals surface area contributed by atoms with Gasteiger partial charge in [0, 0.05) is 60.0 Å². The predicted octanol–water partition coefficient (Wildman–Crippen LogP) is 5.47. The fourth-order valence-corrected chi connectivity index (χ4v) is 6.50. The number of anilines is 3. The first-order valence-corrected chi connectivity index (χ1v) is 15.5. The Balaban J connectivity index is 1.29. The van der Waals surface area contributed by atoms with Gasteiger partial charge in [-0.3, -0.25) is 19.2 Å². The van der Waals surface area contributed by atoms with Gasteiger partial charge in [-0.25, -0.2) is 9.97 Å². The molecule has 0 atom stereocenters. The summed E-state index contributed by atoms with van der Waals surface area (Å²) in [6.45, 7) is 8.16. The maximum Gasteiger partial charge on any atom is 0.344 e. The van der Waals surface area contributed by atoms with Crippen molar-refractivity contribution in [3.8, 4) is 0 Å². The summed E-state index contributed by atoms with van der Waals surface area (Å²) in [5.74, 6) is 0.448. The van der Waals surface area contributed by atoms with Crippen LogP contribution in [0, 0.1) is 0 Å². The van der Waals surface area contributed by atoms with Crippen LogP contribution in [-0.4, -0.2) is 77.9 Å². The van der Waals surface area contributed by atoms with E-state index in [2.05, 4.69) is 46.3 Å². The van der Waals surface area contributed by atoms with E-state index in [-0.39, 0.29) is 5.91 Å². The number of amides is 1. The standard InChI is InChI=1S/C27H34BrN6O4P/c1-3-37-39(36,38-4-2)20-34-15-13-33(14-16-34)12-6-9-26(35)31-23-10-11-25-24(18-23)27(30-19-29-25)32-22-8-5-7-21(28)17-22/h5-11,17-19H,3-4,12-16,20H2,1-2H3,(H,31,35)(H,29,30,32). The van der Waals surface area contributed by atoms with E-state index in [4.69, 9.17) is 9.05 Å². The number of carbonyl (C=O) groups excluding carboxylic acids is 1. The molecule has 208 valence electrons. The molecule has 2 heterocycles. The van der Waals surface area contributed by atoms with Crippen LogP contribution in [0.4, 0.5) is 17.2 Å². The SMILES string of the molecule is CCOP(=O)(CN1CCN(CC=CC(=O)Nc2ccc3ncnc(Nc4cccc(Br)c4)c3c2)CC1)OCC. The van der Waals surface area contributed by atoms with Gasteiger partial charge in [-0.15, -0.1) is 0 Å². The smallest absolute Gasteiger partial charge is 0.340 e. The van der Waals surface area contributed by atoms with Gasteiger partial charge in [0.2, 0.25) is 5.91 Å². The molecule has 1 amide bonds. The van der Waals surface area contributed by atoms with E-state index in [1.54, 1.807) is 6.08 Å². The van der Waals surface area contributed by atoms with Crippen molar-refractivity contribution in [2.75, 3.05) is 62.9 Å². The van der Waals surface area contributed by atoms with E-state index < -0.39 is 7.60 Å². The Morgan fingerprint density at radius 3 is 2.49 bits per heavy atom. The van der Waals surface area contributed by atoms with Gasteiger partial charge in [0.1, 0.15) is 18.4 Å². The van der Waals surface area contributed by atoms with Crippen LogP contribution in [-0.2, 0) is 18.4 Å². The second kappa shape index (κ2) is 14.1. The van der Waals surface area contributed by atoms with Crippen LogP contribution in [0.15, 0.2) is 65.4 Å². The van der Waals surface area contributed by atoms with E-state index in [1.807, 2.05) is 62.4 Å². The summed E-state index contributed by atoms with van der Waals surface area (Å²) in [5, 5.41) is 7.05. The number of halogens is 1. The van der Waals surface area contributed by atoms with Gasteiger partial charge in [-0.05, 0) is 50.2 Å². The minimum atomic E-state index is -3.09. The molecule has 0 saturated carbocycles. The lowest BCUT2D eigenvalue weighted by atomic mass is 10.2. The molecule has 1 aliphatic rings. The molecule has 3 aromatic rings. The van der Waals surface area contributed by atoms with Crippen molar-refractivity contribution < 1.29 is 18.4 Å². The molecule has 10 nitrogen and oxygen atoms in total. The Kier molecular flexibility index (Phi) is 10.6. The summed E-state index contributed by atoms with van der Waals surface area (Å²) in [6, 6.07) is 13.4. The summed E-state index contributed by atoms with van der Waals surface area (Å²) < 4.78 is 24.6. The zero-order chi connectivity index (χ0) is 27.7. The van der Waals surface area contributed by atoms with Crippen LogP contribution in [0.3, 0.4) is 0 Å². The predicted molar refractivity (Wildman–Crippen MR) is 158 cm³/mol. The van der Waals surface area contributed by atoms with E-state index in [1.165, 1.54) is 6.33 Å². The number of hydrogen-bond acceptors (Lipinski definition) is 9. The third-order valence-corrected chi connectivity index (χ3v) is 8.66. The van der Waals surface area contributed by atoms with Crippen LogP contribution in [0.2, 0.25) is 0 Å². The van der Waals surface area contributed by atoms with Crippen LogP contribution >= 0.6 is 23.5 Å². The summed E-state index contributed by atoms with van der Waals surface area (Å²) in [5.41, 5.74) is 2.32. The third kappa shape index (κ3) is 8.66. The Morgan fingerprint density at radius 2 is 1.77 bits per heavy atom. The maximum absolute atomic E-state index is 12.8. The van der Waals surface area contributed by atoms with Gasteiger partial charge in [0.25, 0.3) is 0 Å². The van der Waals surface area contributed by atoms with Crippen molar-refractivity contribution >= 4 is 57.5 Å². The maximum atomic E-state index is 12.8. The topological polar surface area (TPSA) is 109 Å². The van der Waals surface area contributed by atoms with Crippen molar-refractivity contribution in [3.63, 3.8) is 0 Å². The molecular formula is C27H34BrN6O4P. The van der Waals surface area contributed by atoms with Crippen molar-refractivity contribution in [2.45, 2.75) is 13.8 Å². The lowest BCUT2D eigenvalue weighted by Crippen LogP contribution is -2.46. The highest BCUT2D eigenvalue weighted by Crippen LogP contribution is 2.48. The Labute approximate surface area is 237 Å². The second-order valence-corrected chi connectivity index (χ2v) is 11.9. The molecule has 1 fully saturated rings. The molecule has 39 heavy (non-hydrogen) atoms. The molecule has 2 N–H and O–H groups in total. The third-order valence-electron chi connectivity index (χ3n) is 6.11. The quantitative estimate of drug-likeness (QED) is 0.202. The number of piperazine rings is 1. The van der Waals surface area contributed by atoms with Crippen molar-refractivity contribution in [1.82, 2.24) is 19.8 Å². The van der Waals surface area contributed by atoms with Crippen LogP contribution < -0.4 is 10.6 Å². The molecule has 0 radical (unpaired) electrons. The summed E-state index contributed by atoms with van der Waals surface area (Å²) in [6.07, 6.45) is 5.23. The Bertz CT molecular complexity index is 1340. The molecule has 12 heteroatoms. The fourth-order valence-electron chi connectivity index (χ4n) is 4.30. The molecule has 1 aliphatic heterocycles. The Hall–Kier alpha value is -2.66. The number of rotatable bonds is 12. The number of hydrogen-bond donors (Lipinski definition) is 2. The largest absolute Gasteiger partial charge is 0.344 e. The van der Waals surface area contributed by atoms with Gasteiger partial charge in [-0.2, -0.15) is 0 Å². The van der Waals surface area contributed by atoms with Gasteiger partial charge in [-0.1, -0.05) is 28.1 Å². The minimum Gasteiger partial charge on any atom is -0.340 e. The average Bonchev–Trinajstić information content (AvgIpc) is 2.90. The normalized spacial score (nSPS) is 15.2. The highest BCUT2D eigenvalue weighted by Gasteiger charge is 2.29. The zero-order valence-electron chi connectivity index (χ0n) is 22.2. The first-order chi connectivity index (χ1) is 18.9. The molecular weight excluding hydrogens is 583 g/mol. The van der Waals surface area contributed by atoms with Crippen LogP contribution in [0.5, 0.6) is 0 Å². The lowest BCUT2D eigenvalue weighted by molar-refractivity contribution is -0.111. The van der Waals surface area contributed by atoms with E-state index >= 15 is 0 Å². The van der Waals surface area contributed by atoms with E-state index in [0.717, 1.165) is 47.2 Å². The zero-order valence-corrected chi connectivity index (χ0v) is 24.7. The fraction of sp³-hybridized carbons (Fsp3) is 0.370. The number of carbonyl (C=O) groups is 1. The number of nitrogens with one attached hydrogen (secondary N) is 2. The van der Waals surface area contributed by atoms with Crippen molar-refractivity contribution in [1.29, 1.82) is 0 Å². The summed E-state index contributed by atoms with van der Waals surface area (Å²) in [7, 11) is -3.09. The van der Waals surface area contributed by atoms with E-state index in [9.17, 15) is 9.36 Å². The molecule has 2 aromatic carbocycles. The van der Waals surface area contributed by atoms with Crippen LogP contribution in [0.1, 0.15) is 13.8 Å². The first-order valence-electron chi connectivity index (χ1n) is 12.9. The molecule has 1 saturated heterocycles. The summed E-state index contributed by atoms with van der Waals surface area (Å²) >= 11 is 3.48. The second-order valence-electron chi connectivity index (χ2n) is 8.99. The number of benzene rings is 2. The summed E-state index contributed by atoms with van der Waals surface area (Å²) in [4.78, 5) is 25.7. The van der Waals surface area contributed by atoms with Gasteiger partial charge in [0.05, 0.1) is 18.7 Å². The highest BCUT2D eigenvalue weighted by molar-refractivity contribution is 9.10. The minimum absolute atomic E-state index is 0.208. The molecule has 1 aromatic heterocycles. The lowest BCUT2D eigenvalue weighted by Gasteiger charge is -2.35. The molecule has 0 aliphatic carbocycles. The van der Waals surface area contributed by atoms with Crippen molar-refractivity contribution in [3.05, 3.63) is 65.4 Å². The first kappa shape index (κ1) is 29.3. The molecule has 4 rings (SSSR count). The highest BCUT2D eigenvalue weighted by atomic mass is 79.9. The number of nitrogens with zero attached hydrogens (tertiary/aromatic N) is 4. The average molecular weight is 617 g/mol. The monoisotopic (exact) mass is 616 g/mol. The number of fused-ring (bicyclic) bond motifs is 1. The van der Waals surface area contributed by atoms with Gasteiger partial charge >= 0.3 is 7.60 Å². The Morgan fingerprint density at radius 1 is 1.03 bits per heavy atom.